The van der Waals surface area contributed by atoms with E-state index in [2.05, 4.69) is 20.5 Å². The minimum atomic E-state index is -4.35. The van der Waals surface area contributed by atoms with Crippen molar-refractivity contribution in [2.75, 3.05) is 51.2 Å². The fraction of sp³-hybridized carbons (Fsp3) is 0.600. The number of benzene rings is 1. The summed E-state index contributed by atoms with van der Waals surface area (Å²) in [5.74, 6) is 0.656. The molecule has 170 valence electrons. The van der Waals surface area contributed by atoms with Gasteiger partial charge in [-0.1, -0.05) is 6.07 Å². The van der Waals surface area contributed by atoms with Gasteiger partial charge in [-0.2, -0.15) is 13.2 Å². The number of alkyl halides is 3. The molecule has 2 N–H and O–H groups in total. The van der Waals surface area contributed by atoms with E-state index in [1.54, 1.807) is 13.1 Å². The second kappa shape index (κ2) is 11.1. The zero-order valence-corrected chi connectivity index (χ0v) is 20.2. The highest BCUT2D eigenvalue weighted by Crippen LogP contribution is 2.31. The lowest BCUT2D eigenvalue weighted by Crippen LogP contribution is -2.54. The molecule has 10 heteroatoms. The molecule has 1 saturated heterocycles. The van der Waals surface area contributed by atoms with Gasteiger partial charge in [-0.3, -0.25) is 9.79 Å². The molecule has 0 saturated carbocycles. The van der Waals surface area contributed by atoms with Gasteiger partial charge in [0.1, 0.15) is 0 Å². The summed E-state index contributed by atoms with van der Waals surface area (Å²) < 4.78 is 38.9. The number of aliphatic imine (C=N–C) groups is 1. The minimum Gasteiger partial charge on any atom is -0.368 e. The standard InChI is InChI=1S/C20H30F3N5O.HI/c1-5-25-17(29)19(2,3)14-26-18(24-4)28-11-9-27(10-12-28)16-8-6-7-15(13-16)20(21,22)23;/h6-8,13H,5,9-12,14H2,1-4H3,(H,24,26)(H,25,29);1H. The summed E-state index contributed by atoms with van der Waals surface area (Å²) in [4.78, 5) is 20.4. The number of rotatable bonds is 5. The summed E-state index contributed by atoms with van der Waals surface area (Å²) in [6.45, 7) is 9.03. The molecule has 0 spiro atoms. The van der Waals surface area contributed by atoms with E-state index in [0.29, 0.717) is 50.9 Å². The smallest absolute Gasteiger partial charge is 0.368 e. The normalized spacial score (nSPS) is 15.5. The minimum absolute atomic E-state index is 0. The fourth-order valence-corrected chi connectivity index (χ4v) is 3.17. The number of hydrogen-bond acceptors (Lipinski definition) is 3. The lowest BCUT2D eigenvalue weighted by Gasteiger charge is -2.38. The first-order valence-electron chi connectivity index (χ1n) is 9.74. The van der Waals surface area contributed by atoms with Crippen molar-refractivity contribution in [3.8, 4) is 0 Å². The Bertz CT molecular complexity index is 731. The van der Waals surface area contributed by atoms with Crippen LogP contribution in [-0.2, 0) is 11.0 Å². The van der Waals surface area contributed by atoms with Crippen LogP contribution >= 0.6 is 24.0 Å². The molecule has 0 bridgehead atoms. The van der Waals surface area contributed by atoms with Crippen LogP contribution in [0.3, 0.4) is 0 Å². The summed E-state index contributed by atoms with van der Waals surface area (Å²) >= 11 is 0. The van der Waals surface area contributed by atoms with E-state index < -0.39 is 17.2 Å². The molecular formula is C20H31F3IN5O. The molecule has 1 heterocycles. The maximum Gasteiger partial charge on any atom is 0.416 e. The lowest BCUT2D eigenvalue weighted by molar-refractivity contribution is -0.137. The fourth-order valence-electron chi connectivity index (χ4n) is 3.17. The Labute approximate surface area is 193 Å². The Morgan fingerprint density at radius 1 is 1.13 bits per heavy atom. The molecule has 0 aromatic heterocycles. The van der Waals surface area contributed by atoms with Crippen LogP contribution in [0.25, 0.3) is 0 Å². The van der Waals surface area contributed by atoms with E-state index in [1.807, 2.05) is 25.7 Å². The van der Waals surface area contributed by atoms with Gasteiger partial charge in [0.15, 0.2) is 5.96 Å². The van der Waals surface area contributed by atoms with Gasteiger partial charge < -0.3 is 20.4 Å². The van der Waals surface area contributed by atoms with Crippen molar-refractivity contribution in [1.82, 2.24) is 15.5 Å². The molecule has 0 radical (unpaired) electrons. The monoisotopic (exact) mass is 541 g/mol. The molecule has 0 unspecified atom stereocenters. The summed E-state index contributed by atoms with van der Waals surface area (Å²) in [5.41, 5.74) is -0.659. The molecular weight excluding hydrogens is 510 g/mol. The number of carbonyl (C=O) groups is 1. The van der Waals surface area contributed by atoms with E-state index in [1.165, 1.54) is 12.1 Å². The zero-order valence-electron chi connectivity index (χ0n) is 17.8. The quantitative estimate of drug-likeness (QED) is 0.342. The number of amides is 1. The first-order valence-corrected chi connectivity index (χ1v) is 9.74. The van der Waals surface area contributed by atoms with Gasteiger partial charge in [-0.15, -0.1) is 24.0 Å². The van der Waals surface area contributed by atoms with Crippen molar-refractivity contribution in [2.24, 2.45) is 10.4 Å². The molecule has 1 aliphatic rings. The average molecular weight is 541 g/mol. The van der Waals surface area contributed by atoms with Crippen LogP contribution in [0, 0.1) is 5.41 Å². The van der Waals surface area contributed by atoms with Gasteiger partial charge in [-0.25, -0.2) is 0 Å². The first kappa shape index (κ1) is 26.3. The number of nitrogens with one attached hydrogen (secondary N) is 2. The summed E-state index contributed by atoms with van der Waals surface area (Å²) in [6, 6.07) is 5.42. The second-order valence-corrected chi connectivity index (χ2v) is 7.67. The molecule has 0 aliphatic carbocycles. The Hall–Kier alpha value is -1.72. The van der Waals surface area contributed by atoms with Crippen LogP contribution in [0.15, 0.2) is 29.3 Å². The van der Waals surface area contributed by atoms with E-state index in [9.17, 15) is 18.0 Å². The third kappa shape index (κ3) is 6.92. The Balaban J connectivity index is 0.00000450. The summed E-state index contributed by atoms with van der Waals surface area (Å²) in [7, 11) is 1.68. The van der Waals surface area contributed by atoms with Crippen molar-refractivity contribution in [1.29, 1.82) is 0 Å². The van der Waals surface area contributed by atoms with Crippen LogP contribution in [0.1, 0.15) is 26.3 Å². The highest BCUT2D eigenvalue weighted by atomic mass is 127. The number of hydrogen-bond donors (Lipinski definition) is 2. The molecule has 2 rings (SSSR count). The Morgan fingerprint density at radius 2 is 1.77 bits per heavy atom. The van der Waals surface area contributed by atoms with Gasteiger partial charge in [0.25, 0.3) is 0 Å². The Kier molecular flexibility index (Phi) is 9.70. The van der Waals surface area contributed by atoms with Crippen LogP contribution < -0.4 is 15.5 Å². The van der Waals surface area contributed by atoms with E-state index in [0.717, 1.165) is 6.07 Å². The number of guanidine groups is 1. The highest BCUT2D eigenvalue weighted by Gasteiger charge is 2.31. The predicted molar refractivity (Wildman–Crippen MR) is 124 cm³/mol. The largest absolute Gasteiger partial charge is 0.416 e. The summed E-state index contributed by atoms with van der Waals surface area (Å²) in [5, 5.41) is 6.08. The topological polar surface area (TPSA) is 60.0 Å². The maximum absolute atomic E-state index is 13.0. The molecule has 1 aliphatic heterocycles. The lowest BCUT2D eigenvalue weighted by atomic mass is 9.92. The Morgan fingerprint density at radius 3 is 2.30 bits per heavy atom. The number of piperazine rings is 1. The second-order valence-electron chi connectivity index (χ2n) is 7.67. The van der Waals surface area contributed by atoms with E-state index in [-0.39, 0.29) is 29.9 Å². The molecule has 1 aromatic carbocycles. The van der Waals surface area contributed by atoms with Gasteiger partial charge in [-0.05, 0) is 39.0 Å². The van der Waals surface area contributed by atoms with Crippen LogP contribution in [0.5, 0.6) is 0 Å². The highest BCUT2D eigenvalue weighted by molar-refractivity contribution is 14.0. The third-order valence-corrected chi connectivity index (χ3v) is 4.97. The van der Waals surface area contributed by atoms with Crippen molar-refractivity contribution >= 4 is 41.5 Å². The van der Waals surface area contributed by atoms with Crippen LogP contribution in [0.4, 0.5) is 18.9 Å². The van der Waals surface area contributed by atoms with E-state index >= 15 is 0 Å². The molecule has 1 aromatic rings. The number of nitrogens with zero attached hydrogens (tertiary/aromatic N) is 3. The van der Waals surface area contributed by atoms with Gasteiger partial charge in [0.05, 0.1) is 11.0 Å². The molecule has 30 heavy (non-hydrogen) atoms. The maximum atomic E-state index is 13.0. The van der Waals surface area contributed by atoms with Gasteiger partial charge in [0, 0.05) is 52.0 Å². The molecule has 0 atom stereocenters. The van der Waals surface area contributed by atoms with Crippen molar-refractivity contribution in [3.05, 3.63) is 29.8 Å². The van der Waals surface area contributed by atoms with Crippen LogP contribution in [-0.4, -0.2) is 63.1 Å². The zero-order chi connectivity index (χ0) is 21.7. The van der Waals surface area contributed by atoms with Gasteiger partial charge >= 0.3 is 6.18 Å². The average Bonchev–Trinajstić information content (AvgIpc) is 2.68. The van der Waals surface area contributed by atoms with E-state index in [4.69, 9.17) is 0 Å². The van der Waals surface area contributed by atoms with Crippen LogP contribution in [0.2, 0.25) is 0 Å². The number of halogens is 4. The SMILES string of the molecule is CCNC(=O)C(C)(C)CNC(=NC)N1CCN(c2cccc(C(F)(F)F)c2)CC1.I. The predicted octanol–water partition coefficient (Wildman–Crippen LogP) is 3.18. The third-order valence-electron chi connectivity index (χ3n) is 4.97. The summed E-state index contributed by atoms with van der Waals surface area (Å²) in [6.07, 6.45) is -4.35. The molecule has 1 fully saturated rings. The number of carbonyl (C=O) groups excluding carboxylic acids is 1. The van der Waals surface area contributed by atoms with Crippen molar-refractivity contribution < 1.29 is 18.0 Å². The number of anilines is 1. The molecule has 6 nitrogen and oxygen atoms in total. The van der Waals surface area contributed by atoms with Gasteiger partial charge in [0.2, 0.25) is 5.91 Å². The first-order chi connectivity index (χ1) is 13.6. The molecule has 1 amide bonds. The van der Waals surface area contributed by atoms with Crippen molar-refractivity contribution in [2.45, 2.75) is 26.9 Å². The van der Waals surface area contributed by atoms with Crippen molar-refractivity contribution in [3.63, 3.8) is 0 Å².